The largest absolute Gasteiger partial charge is 0.449 e. The summed E-state index contributed by atoms with van der Waals surface area (Å²) in [6.07, 6.45) is -0.930. The van der Waals surface area contributed by atoms with E-state index in [0.29, 0.717) is 16.9 Å². The second-order valence-corrected chi connectivity index (χ2v) is 6.23. The van der Waals surface area contributed by atoms with Crippen LogP contribution in [0.2, 0.25) is 0 Å². The van der Waals surface area contributed by atoms with E-state index in [1.54, 1.807) is 23.7 Å². The molecule has 0 fully saturated rings. The predicted molar refractivity (Wildman–Crippen MR) is 100 cm³/mol. The molecule has 2 aromatic carbocycles. The molecule has 0 bridgehead atoms. The molecule has 0 saturated heterocycles. The van der Waals surface area contributed by atoms with Gasteiger partial charge in [0.1, 0.15) is 0 Å². The molecule has 0 unspecified atom stereocenters. The number of amides is 1. The summed E-state index contributed by atoms with van der Waals surface area (Å²) in [7, 11) is 1.81. The number of benzene rings is 2. The lowest BCUT2D eigenvalue weighted by Crippen LogP contribution is -2.30. The van der Waals surface area contributed by atoms with Gasteiger partial charge in [-0.15, -0.1) is 0 Å². The minimum atomic E-state index is -0.930. The molecule has 1 N–H and O–H groups in total. The topological polar surface area (TPSA) is 73.2 Å². The van der Waals surface area contributed by atoms with Gasteiger partial charge in [0, 0.05) is 7.05 Å². The molecular weight excluding hydrogens is 330 g/mol. The Balaban J connectivity index is 1.75. The van der Waals surface area contributed by atoms with Crippen molar-refractivity contribution in [3.8, 4) is 0 Å². The first-order valence-electron chi connectivity index (χ1n) is 8.38. The second kappa shape index (κ2) is 7.00. The fourth-order valence-corrected chi connectivity index (χ4v) is 2.86. The Morgan fingerprint density at radius 3 is 2.50 bits per heavy atom. The molecule has 0 spiro atoms. The zero-order valence-corrected chi connectivity index (χ0v) is 15.2. The van der Waals surface area contributed by atoms with Gasteiger partial charge in [0.05, 0.1) is 22.6 Å². The number of fused-ring (bicyclic) bond motifs is 1. The summed E-state index contributed by atoms with van der Waals surface area (Å²) in [5.41, 5.74) is 2.64. The van der Waals surface area contributed by atoms with Crippen LogP contribution in [0.5, 0.6) is 0 Å². The van der Waals surface area contributed by atoms with Gasteiger partial charge >= 0.3 is 5.97 Å². The van der Waals surface area contributed by atoms with Crippen LogP contribution < -0.4 is 5.32 Å². The monoisotopic (exact) mass is 351 g/mol. The van der Waals surface area contributed by atoms with Crippen molar-refractivity contribution < 1.29 is 14.3 Å². The molecule has 0 aliphatic heterocycles. The van der Waals surface area contributed by atoms with Gasteiger partial charge in [-0.25, -0.2) is 4.79 Å². The molecule has 0 radical (unpaired) electrons. The molecule has 6 nitrogen and oxygen atoms in total. The van der Waals surface area contributed by atoms with E-state index in [0.717, 1.165) is 16.5 Å². The Labute approximate surface area is 151 Å². The van der Waals surface area contributed by atoms with E-state index in [4.69, 9.17) is 4.74 Å². The maximum atomic E-state index is 12.5. The van der Waals surface area contributed by atoms with Gasteiger partial charge in [-0.2, -0.15) is 5.10 Å². The highest BCUT2D eigenvalue weighted by molar-refractivity contribution is 6.05. The molecule has 0 aliphatic rings. The number of ether oxygens (including phenoxy) is 1. The summed E-state index contributed by atoms with van der Waals surface area (Å²) >= 11 is 0. The Kier molecular flexibility index (Phi) is 4.75. The third-order valence-corrected chi connectivity index (χ3v) is 4.42. The first-order valence-corrected chi connectivity index (χ1v) is 8.38. The van der Waals surface area contributed by atoms with Crippen LogP contribution in [-0.2, 0) is 16.6 Å². The van der Waals surface area contributed by atoms with E-state index in [-0.39, 0.29) is 0 Å². The quantitative estimate of drug-likeness (QED) is 0.732. The number of nitrogens with one attached hydrogen (secondary N) is 1. The van der Waals surface area contributed by atoms with Crippen LogP contribution in [-0.4, -0.2) is 27.8 Å². The summed E-state index contributed by atoms with van der Waals surface area (Å²) in [6, 6.07) is 13.0. The van der Waals surface area contributed by atoms with Gasteiger partial charge in [-0.1, -0.05) is 36.4 Å². The third-order valence-electron chi connectivity index (χ3n) is 4.42. The van der Waals surface area contributed by atoms with Gasteiger partial charge in [-0.3, -0.25) is 9.48 Å². The standard InChI is InChI=1S/C20H21N3O3/c1-12-18(13(2)23(4)22-12)21-19(24)14(3)26-20(25)17-11-7-9-15-8-5-6-10-16(15)17/h5-11,14H,1-4H3,(H,21,24)/t14-/m1/s1. The van der Waals surface area contributed by atoms with Gasteiger partial charge in [0.25, 0.3) is 5.91 Å². The third kappa shape index (κ3) is 3.31. The Morgan fingerprint density at radius 1 is 1.12 bits per heavy atom. The number of hydrogen-bond acceptors (Lipinski definition) is 4. The average Bonchev–Trinajstić information content (AvgIpc) is 2.87. The van der Waals surface area contributed by atoms with Gasteiger partial charge < -0.3 is 10.1 Å². The van der Waals surface area contributed by atoms with E-state index >= 15 is 0 Å². The molecule has 1 heterocycles. The maximum absolute atomic E-state index is 12.5. The lowest BCUT2D eigenvalue weighted by Gasteiger charge is -2.14. The SMILES string of the molecule is Cc1nn(C)c(C)c1NC(=O)[C@@H](C)OC(=O)c1cccc2ccccc12. The van der Waals surface area contributed by atoms with Crippen molar-refractivity contribution in [1.82, 2.24) is 9.78 Å². The Hall–Kier alpha value is -3.15. The fourth-order valence-electron chi connectivity index (χ4n) is 2.86. The van der Waals surface area contributed by atoms with Crippen LogP contribution in [0, 0.1) is 13.8 Å². The highest BCUT2D eigenvalue weighted by Crippen LogP contribution is 2.21. The number of hydrogen-bond donors (Lipinski definition) is 1. The minimum Gasteiger partial charge on any atom is -0.449 e. The normalized spacial score (nSPS) is 12.0. The number of aryl methyl sites for hydroxylation is 2. The van der Waals surface area contributed by atoms with Crippen LogP contribution in [0.3, 0.4) is 0 Å². The van der Waals surface area contributed by atoms with Crippen molar-refractivity contribution in [2.75, 3.05) is 5.32 Å². The van der Waals surface area contributed by atoms with Crippen molar-refractivity contribution in [2.24, 2.45) is 7.05 Å². The summed E-state index contributed by atoms with van der Waals surface area (Å²) in [6.45, 7) is 5.23. The molecule has 1 atom stereocenters. The molecule has 3 rings (SSSR count). The highest BCUT2D eigenvalue weighted by atomic mass is 16.5. The number of carbonyl (C=O) groups excluding carboxylic acids is 2. The van der Waals surface area contributed by atoms with Gasteiger partial charge in [0.2, 0.25) is 0 Å². The van der Waals surface area contributed by atoms with E-state index in [1.165, 1.54) is 0 Å². The zero-order chi connectivity index (χ0) is 18.8. The van der Waals surface area contributed by atoms with Crippen molar-refractivity contribution in [1.29, 1.82) is 0 Å². The summed E-state index contributed by atoms with van der Waals surface area (Å²) < 4.78 is 7.08. The first-order chi connectivity index (χ1) is 12.4. The van der Waals surface area contributed by atoms with Crippen molar-refractivity contribution >= 4 is 28.3 Å². The Bertz CT molecular complexity index is 986. The van der Waals surface area contributed by atoms with Crippen molar-refractivity contribution in [3.05, 3.63) is 59.4 Å². The van der Waals surface area contributed by atoms with Crippen molar-refractivity contribution in [3.63, 3.8) is 0 Å². The highest BCUT2D eigenvalue weighted by Gasteiger charge is 2.22. The van der Waals surface area contributed by atoms with Crippen molar-refractivity contribution in [2.45, 2.75) is 26.9 Å². The maximum Gasteiger partial charge on any atom is 0.339 e. The molecule has 3 aromatic rings. The fraction of sp³-hybridized carbons (Fsp3) is 0.250. The molecule has 6 heteroatoms. The number of anilines is 1. The summed E-state index contributed by atoms with van der Waals surface area (Å²) in [5.74, 6) is -0.915. The van der Waals surface area contributed by atoms with Crippen LogP contribution in [0.15, 0.2) is 42.5 Å². The molecule has 1 aromatic heterocycles. The van der Waals surface area contributed by atoms with E-state index in [1.807, 2.05) is 51.2 Å². The van der Waals surface area contributed by atoms with Crippen LogP contribution in [0.25, 0.3) is 10.8 Å². The zero-order valence-electron chi connectivity index (χ0n) is 15.2. The predicted octanol–water partition coefficient (Wildman–Crippen LogP) is 3.37. The number of rotatable bonds is 4. The first kappa shape index (κ1) is 17.7. The summed E-state index contributed by atoms with van der Waals surface area (Å²) in [4.78, 5) is 25.0. The molecule has 134 valence electrons. The van der Waals surface area contributed by atoms with Gasteiger partial charge in [0.15, 0.2) is 6.10 Å². The molecule has 0 saturated carbocycles. The average molecular weight is 351 g/mol. The number of aromatic nitrogens is 2. The Morgan fingerprint density at radius 2 is 1.81 bits per heavy atom. The second-order valence-electron chi connectivity index (χ2n) is 6.23. The summed E-state index contributed by atoms with van der Waals surface area (Å²) in [5, 5.41) is 8.80. The van der Waals surface area contributed by atoms with Crippen LogP contribution in [0.4, 0.5) is 5.69 Å². The smallest absolute Gasteiger partial charge is 0.339 e. The van der Waals surface area contributed by atoms with Crippen LogP contribution in [0.1, 0.15) is 28.7 Å². The molecular formula is C20H21N3O3. The lowest BCUT2D eigenvalue weighted by molar-refractivity contribution is -0.123. The van der Waals surface area contributed by atoms with Crippen LogP contribution >= 0.6 is 0 Å². The number of esters is 1. The minimum absolute atomic E-state index is 0.391. The van der Waals surface area contributed by atoms with E-state index < -0.39 is 18.0 Å². The lowest BCUT2D eigenvalue weighted by atomic mass is 10.0. The number of carbonyl (C=O) groups is 2. The molecule has 0 aliphatic carbocycles. The van der Waals surface area contributed by atoms with E-state index in [2.05, 4.69) is 10.4 Å². The molecule has 1 amide bonds. The van der Waals surface area contributed by atoms with Gasteiger partial charge in [-0.05, 0) is 37.6 Å². The van der Waals surface area contributed by atoms with E-state index in [9.17, 15) is 9.59 Å². The number of nitrogens with zero attached hydrogens (tertiary/aromatic N) is 2. The molecule has 26 heavy (non-hydrogen) atoms.